The predicted molar refractivity (Wildman–Crippen MR) is 87.0 cm³/mol. The summed E-state index contributed by atoms with van der Waals surface area (Å²) in [4.78, 5) is 18.2. The van der Waals surface area contributed by atoms with Gasteiger partial charge >= 0.3 is 6.36 Å². The molecule has 8 heteroatoms. The maximum absolute atomic E-state index is 12.5. The SMILES string of the molecule is Cc1ccc(OC2CCN(C(=O)c3cccc(OC(F)(F)F)c3)C2)nc1. The Labute approximate surface area is 148 Å². The molecule has 2 heterocycles. The molecule has 0 aliphatic carbocycles. The van der Waals surface area contributed by atoms with Crippen molar-refractivity contribution in [3.05, 3.63) is 53.7 Å². The molecule has 1 fully saturated rings. The molecular weight excluding hydrogens is 349 g/mol. The summed E-state index contributed by atoms with van der Waals surface area (Å²) in [5, 5.41) is 0. The number of alkyl halides is 3. The number of hydrogen-bond acceptors (Lipinski definition) is 4. The number of likely N-dealkylation sites (tertiary alicyclic amines) is 1. The van der Waals surface area contributed by atoms with Gasteiger partial charge in [0.15, 0.2) is 0 Å². The number of aryl methyl sites for hydroxylation is 1. The minimum absolute atomic E-state index is 0.140. The van der Waals surface area contributed by atoms with Gasteiger partial charge in [-0.05, 0) is 30.7 Å². The third-order valence-electron chi connectivity index (χ3n) is 3.92. The largest absolute Gasteiger partial charge is 0.573 e. The Morgan fingerprint density at radius 2 is 2.08 bits per heavy atom. The van der Waals surface area contributed by atoms with Crippen molar-refractivity contribution in [2.75, 3.05) is 13.1 Å². The van der Waals surface area contributed by atoms with Crippen LogP contribution in [0.2, 0.25) is 0 Å². The Bertz CT molecular complexity index is 778. The van der Waals surface area contributed by atoms with Crippen molar-refractivity contribution < 1.29 is 27.4 Å². The zero-order valence-electron chi connectivity index (χ0n) is 14.0. The fraction of sp³-hybridized carbons (Fsp3) is 0.333. The van der Waals surface area contributed by atoms with Crippen molar-refractivity contribution in [3.8, 4) is 11.6 Å². The van der Waals surface area contributed by atoms with Gasteiger partial charge in [0.25, 0.3) is 5.91 Å². The second-order valence-corrected chi connectivity index (χ2v) is 6.03. The molecule has 1 unspecified atom stereocenters. The van der Waals surface area contributed by atoms with Crippen LogP contribution in [0.15, 0.2) is 42.6 Å². The zero-order chi connectivity index (χ0) is 18.7. The number of rotatable bonds is 4. The molecule has 0 bridgehead atoms. The van der Waals surface area contributed by atoms with Gasteiger partial charge in [-0.3, -0.25) is 4.79 Å². The lowest BCUT2D eigenvalue weighted by Gasteiger charge is -2.17. The van der Waals surface area contributed by atoms with Crippen LogP contribution in [0.25, 0.3) is 0 Å². The highest BCUT2D eigenvalue weighted by Gasteiger charge is 2.32. The smallest absolute Gasteiger partial charge is 0.472 e. The number of amides is 1. The standard InChI is InChI=1S/C18H17F3N2O3/c1-12-5-6-16(22-10-12)25-15-7-8-23(11-15)17(24)13-3-2-4-14(9-13)26-18(19,20)21/h2-6,9-10,15H,7-8,11H2,1H3. The highest BCUT2D eigenvalue weighted by atomic mass is 19.4. The van der Waals surface area contributed by atoms with E-state index in [0.29, 0.717) is 25.4 Å². The first-order valence-electron chi connectivity index (χ1n) is 8.04. The molecule has 1 aromatic carbocycles. The summed E-state index contributed by atoms with van der Waals surface area (Å²) in [5.74, 6) is -0.296. The summed E-state index contributed by atoms with van der Waals surface area (Å²) in [6.45, 7) is 2.72. The van der Waals surface area contributed by atoms with Crippen LogP contribution in [0.4, 0.5) is 13.2 Å². The number of carbonyl (C=O) groups excluding carboxylic acids is 1. The van der Waals surface area contributed by atoms with Crippen molar-refractivity contribution in [1.29, 1.82) is 0 Å². The molecule has 26 heavy (non-hydrogen) atoms. The van der Waals surface area contributed by atoms with E-state index in [9.17, 15) is 18.0 Å². The molecule has 1 saturated heterocycles. The van der Waals surface area contributed by atoms with Crippen LogP contribution in [0, 0.1) is 6.92 Å². The maximum Gasteiger partial charge on any atom is 0.573 e. The topological polar surface area (TPSA) is 51.7 Å². The fourth-order valence-corrected chi connectivity index (χ4v) is 2.71. The van der Waals surface area contributed by atoms with E-state index >= 15 is 0 Å². The average Bonchev–Trinajstić information content (AvgIpc) is 3.03. The highest BCUT2D eigenvalue weighted by molar-refractivity contribution is 5.94. The minimum atomic E-state index is -4.80. The number of benzene rings is 1. The fourth-order valence-electron chi connectivity index (χ4n) is 2.71. The van der Waals surface area contributed by atoms with Crippen LogP contribution >= 0.6 is 0 Å². The van der Waals surface area contributed by atoms with Gasteiger partial charge in [-0.15, -0.1) is 13.2 Å². The Morgan fingerprint density at radius 1 is 1.27 bits per heavy atom. The first-order valence-corrected chi connectivity index (χ1v) is 8.04. The average molecular weight is 366 g/mol. The predicted octanol–water partition coefficient (Wildman–Crippen LogP) is 3.58. The van der Waals surface area contributed by atoms with Crippen molar-refractivity contribution in [1.82, 2.24) is 9.88 Å². The maximum atomic E-state index is 12.5. The van der Waals surface area contributed by atoms with E-state index in [1.54, 1.807) is 17.2 Å². The third-order valence-corrected chi connectivity index (χ3v) is 3.92. The quantitative estimate of drug-likeness (QED) is 0.830. The van der Waals surface area contributed by atoms with Crippen molar-refractivity contribution >= 4 is 5.91 Å². The first-order chi connectivity index (χ1) is 12.3. The van der Waals surface area contributed by atoms with E-state index in [0.717, 1.165) is 17.7 Å². The number of pyridine rings is 1. The molecule has 1 aliphatic heterocycles. The Balaban J connectivity index is 1.62. The van der Waals surface area contributed by atoms with E-state index in [2.05, 4.69) is 9.72 Å². The van der Waals surface area contributed by atoms with Gasteiger partial charge < -0.3 is 14.4 Å². The summed E-state index contributed by atoms with van der Waals surface area (Å²) in [7, 11) is 0. The lowest BCUT2D eigenvalue weighted by molar-refractivity contribution is -0.274. The first kappa shape index (κ1) is 18.0. The van der Waals surface area contributed by atoms with Crippen molar-refractivity contribution in [2.45, 2.75) is 25.8 Å². The van der Waals surface area contributed by atoms with Gasteiger partial charge in [0.1, 0.15) is 11.9 Å². The van der Waals surface area contributed by atoms with Gasteiger partial charge in [-0.2, -0.15) is 0 Å². The second-order valence-electron chi connectivity index (χ2n) is 6.03. The molecule has 1 atom stereocenters. The Morgan fingerprint density at radius 3 is 2.77 bits per heavy atom. The molecule has 5 nitrogen and oxygen atoms in total. The van der Waals surface area contributed by atoms with Crippen LogP contribution in [0.3, 0.4) is 0 Å². The summed E-state index contributed by atoms with van der Waals surface area (Å²) in [6.07, 6.45) is -2.68. The van der Waals surface area contributed by atoms with Gasteiger partial charge in [0, 0.05) is 30.8 Å². The molecule has 1 aliphatic rings. The number of ether oxygens (including phenoxy) is 2. The number of carbonyl (C=O) groups is 1. The molecular formula is C18H17F3N2O3. The van der Waals surface area contributed by atoms with Crippen LogP contribution in [0.1, 0.15) is 22.3 Å². The lowest BCUT2D eigenvalue weighted by Crippen LogP contribution is -2.31. The van der Waals surface area contributed by atoms with Crippen LogP contribution in [0.5, 0.6) is 11.6 Å². The van der Waals surface area contributed by atoms with Gasteiger partial charge in [-0.25, -0.2) is 4.98 Å². The Kier molecular flexibility index (Phi) is 5.01. The summed E-state index contributed by atoms with van der Waals surface area (Å²) >= 11 is 0. The molecule has 1 amide bonds. The number of nitrogens with zero attached hydrogens (tertiary/aromatic N) is 2. The molecule has 0 N–H and O–H groups in total. The van der Waals surface area contributed by atoms with Gasteiger partial charge in [-0.1, -0.05) is 12.1 Å². The normalized spacial score (nSPS) is 17.2. The number of aromatic nitrogens is 1. The summed E-state index contributed by atoms with van der Waals surface area (Å²) in [6, 6.07) is 8.70. The van der Waals surface area contributed by atoms with Crippen molar-refractivity contribution in [2.24, 2.45) is 0 Å². The van der Waals surface area contributed by atoms with Gasteiger partial charge in [0.05, 0.1) is 6.54 Å². The molecule has 0 saturated carbocycles. The molecule has 0 radical (unpaired) electrons. The molecule has 3 rings (SSSR count). The number of hydrogen-bond donors (Lipinski definition) is 0. The van der Waals surface area contributed by atoms with Crippen LogP contribution in [-0.2, 0) is 0 Å². The summed E-state index contributed by atoms with van der Waals surface area (Å²) in [5.41, 5.74) is 1.15. The van der Waals surface area contributed by atoms with Crippen LogP contribution < -0.4 is 9.47 Å². The van der Waals surface area contributed by atoms with E-state index in [1.165, 1.54) is 12.1 Å². The number of halogens is 3. The minimum Gasteiger partial charge on any atom is -0.472 e. The van der Waals surface area contributed by atoms with E-state index < -0.39 is 12.1 Å². The van der Waals surface area contributed by atoms with Gasteiger partial charge in [0.2, 0.25) is 5.88 Å². The lowest BCUT2D eigenvalue weighted by atomic mass is 10.2. The van der Waals surface area contributed by atoms with Crippen LogP contribution in [-0.4, -0.2) is 41.3 Å². The van der Waals surface area contributed by atoms with E-state index in [4.69, 9.17) is 4.74 Å². The molecule has 0 spiro atoms. The monoisotopic (exact) mass is 366 g/mol. The zero-order valence-corrected chi connectivity index (χ0v) is 14.0. The highest BCUT2D eigenvalue weighted by Crippen LogP contribution is 2.25. The second kappa shape index (κ2) is 7.23. The van der Waals surface area contributed by atoms with E-state index in [1.807, 2.05) is 13.0 Å². The van der Waals surface area contributed by atoms with Crippen molar-refractivity contribution in [3.63, 3.8) is 0 Å². The molecule has 2 aromatic rings. The summed E-state index contributed by atoms with van der Waals surface area (Å²) < 4.78 is 46.6. The third kappa shape index (κ3) is 4.65. The van der Waals surface area contributed by atoms with E-state index in [-0.39, 0.29) is 17.6 Å². The molecule has 138 valence electrons. The molecule has 1 aromatic heterocycles. The Hall–Kier alpha value is -2.77.